The van der Waals surface area contributed by atoms with Gasteiger partial charge in [0.1, 0.15) is 0 Å². The number of carbonyl (C=O) groups is 2. The molecular formula is C10H9NO3. The molecule has 0 unspecified atom stereocenters. The van der Waals surface area contributed by atoms with Crippen LogP contribution in [-0.2, 0) is 9.59 Å². The van der Waals surface area contributed by atoms with Crippen molar-refractivity contribution in [1.82, 2.24) is 4.98 Å². The molecule has 1 rings (SSSR count). The lowest BCUT2D eigenvalue weighted by Gasteiger charge is -2.01. The second-order valence-electron chi connectivity index (χ2n) is 2.80. The van der Waals surface area contributed by atoms with Crippen molar-refractivity contribution in [3.63, 3.8) is 0 Å². The van der Waals surface area contributed by atoms with E-state index in [1.807, 2.05) is 0 Å². The highest BCUT2D eigenvalue weighted by Gasteiger charge is 2.16. The first-order valence-electron chi connectivity index (χ1n) is 3.92. The first-order valence-corrected chi connectivity index (χ1v) is 3.92. The summed E-state index contributed by atoms with van der Waals surface area (Å²) in [6, 6.07) is 3.17. The summed E-state index contributed by atoms with van der Waals surface area (Å²) in [6.45, 7) is 5.18. The molecule has 1 aromatic heterocycles. The maximum absolute atomic E-state index is 11.0. The molecule has 1 N–H and O–H groups in total. The standard InChI is InChI=1S/C10H9NO3/c1-6-5-8(3-4-11-6)7(2)9(12)10(13)14/h3-5H,2H2,1H3,(H,13,14). The van der Waals surface area contributed by atoms with Gasteiger partial charge in [-0.05, 0) is 24.6 Å². The third kappa shape index (κ3) is 2.04. The molecule has 0 aromatic carbocycles. The van der Waals surface area contributed by atoms with Gasteiger partial charge in [-0.15, -0.1) is 0 Å². The molecule has 0 saturated heterocycles. The van der Waals surface area contributed by atoms with Crippen LogP contribution in [0.1, 0.15) is 11.3 Å². The Kier molecular flexibility index (Phi) is 2.76. The van der Waals surface area contributed by atoms with Gasteiger partial charge in [-0.1, -0.05) is 6.58 Å². The molecule has 0 bridgehead atoms. The largest absolute Gasteiger partial charge is 0.475 e. The third-order valence-corrected chi connectivity index (χ3v) is 1.71. The van der Waals surface area contributed by atoms with Crippen molar-refractivity contribution in [2.45, 2.75) is 6.92 Å². The fourth-order valence-electron chi connectivity index (χ4n) is 0.993. The number of rotatable bonds is 3. The average Bonchev–Trinajstić information content (AvgIpc) is 2.15. The van der Waals surface area contributed by atoms with Gasteiger partial charge in [0.05, 0.1) is 0 Å². The topological polar surface area (TPSA) is 67.3 Å². The van der Waals surface area contributed by atoms with Crippen molar-refractivity contribution in [2.24, 2.45) is 0 Å². The van der Waals surface area contributed by atoms with Crippen LogP contribution >= 0.6 is 0 Å². The molecule has 0 spiro atoms. The molecule has 0 aliphatic rings. The Labute approximate surface area is 80.9 Å². The number of nitrogens with zero attached hydrogens (tertiary/aromatic N) is 1. The molecule has 4 heteroatoms. The fraction of sp³-hybridized carbons (Fsp3) is 0.100. The first kappa shape index (κ1) is 10.1. The van der Waals surface area contributed by atoms with E-state index in [1.54, 1.807) is 19.1 Å². The van der Waals surface area contributed by atoms with Crippen LogP contribution < -0.4 is 0 Å². The zero-order valence-corrected chi connectivity index (χ0v) is 7.65. The van der Waals surface area contributed by atoms with Crippen LogP contribution in [0.25, 0.3) is 5.57 Å². The Hall–Kier alpha value is -1.97. The molecule has 0 aliphatic carbocycles. The molecule has 0 aliphatic heterocycles. The van der Waals surface area contributed by atoms with Gasteiger partial charge in [0, 0.05) is 17.5 Å². The lowest BCUT2D eigenvalue weighted by Crippen LogP contribution is -2.13. The zero-order valence-electron chi connectivity index (χ0n) is 7.65. The van der Waals surface area contributed by atoms with Crippen LogP contribution in [0.3, 0.4) is 0 Å². The molecule has 1 heterocycles. The number of aryl methyl sites for hydroxylation is 1. The number of pyridine rings is 1. The minimum absolute atomic E-state index is 0.0250. The van der Waals surface area contributed by atoms with E-state index < -0.39 is 11.8 Å². The Balaban J connectivity index is 3.01. The number of Topliss-reactive ketones (excluding diaryl/α,β-unsaturated/α-hetero) is 1. The highest BCUT2D eigenvalue weighted by molar-refractivity contribution is 6.50. The maximum atomic E-state index is 11.0. The summed E-state index contributed by atoms with van der Waals surface area (Å²) in [5, 5.41) is 8.46. The van der Waals surface area contributed by atoms with E-state index in [4.69, 9.17) is 5.11 Å². The Morgan fingerprint density at radius 2 is 2.14 bits per heavy atom. The molecular weight excluding hydrogens is 182 g/mol. The van der Waals surface area contributed by atoms with Gasteiger partial charge in [0.2, 0.25) is 0 Å². The Morgan fingerprint density at radius 1 is 1.50 bits per heavy atom. The molecule has 1 aromatic rings. The zero-order chi connectivity index (χ0) is 10.7. The number of carboxylic acid groups (broad SMARTS) is 1. The van der Waals surface area contributed by atoms with Crippen LogP contribution in [0.2, 0.25) is 0 Å². The number of aromatic nitrogens is 1. The van der Waals surface area contributed by atoms with E-state index in [1.165, 1.54) is 6.20 Å². The minimum Gasteiger partial charge on any atom is -0.475 e. The maximum Gasteiger partial charge on any atom is 0.377 e. The summed E-state index contributed by atoms with van der Waals surface area (Å²) < 4.78 is 0. The molecule has 0 radical (unpaired) electrons. The van der Waals surface area contributed by atoms with Gasteiger partial charge in [-0.2, -0.15) is 0 Å². The predicted octanol–water partition coefficient (Wildman–Crippen LogP) is 1.06. The van der Waals surface area contributed by atoms with E-state index >= 15 is 0 Å². The van der Waals surface area contributed by atoms with Gasteiger partial charge in [0.25, 0.3) is 5.78 Å². The van der Waals surface area contributed by atoms with E-state index in [9.17, 15) is 9.59 Å². The second kappa shape index (κ2) is 3.83. The number of carboxylic acids is 1. The van der Waals surface area contributed by atoms with Gasteiger partial charge in [-0.3, -0.25) is 9.78 Å². The van der Waals surface area contributed by atoms with E-state index in [0.29, 0.717) is 11.3 Å². The van der Waals surface area contributed by atoms with Crippen molar-refractivity contribution < 1.29 is 14.7 Å². The average molecular weight is 191 g/mol. The summed E-state index contributed by atoms with van der Waals surface area (Å²) >= 11 is 0. The van der Waals surface area contributed by atoms with Gasteiger partial charge >= 0.3 is 5.97 Å². The Bertz CT molecular complexity index is 410. The SMILES string of the molecule is C=C(C(=O)C(=O)O)c1ccnc(C)c1. The normalized spacial score (nSPS) is 9.50. The lowest BCUT2D eigenvalue weighted by atomic mass is 10.0. The third-order valence-electron chi connectivity index (χ3n) is 1.71. The summed E-state index contributed by atoms with van der Waals surface area (Å²) in [4.78, 5) is 25.3. The summed E-state index contributed by atoms with van der Waals surface area (Å²) in [7, 11) is 0. The van der Waals surface area contributed by atoms with Gasteiger partial charge in [-0.25, -0.2) is 4.79 Å². The Morgan fingerprint density at radius 3 is 2.64 bits per heavy atom. The quantitative estimate of drug-likeness (QED) is 0.573. The van der Waals surface area contributed by atoms with Crippen molar-refractivity contribution >= 4 is 17.3 Å². The first-order chi connectivity index (χ1) is 6.52. The van der Waals surface area contributed by atoms with Crippen LogP contribution in [0.5, 0.6) is 0 Å². The number of aliphatic carboxylic acids is 1. The predicted molar refractivity (Wildman–Crippen MR) is 50.7 cm³/mol. The number of hydrogen-bond acceptors (Lipinski definition) is 3. The fourth-order valence-corrected chi connectivity index (χ4v) is 0.993. The molecule has 0 amide bonds. The monoisotopic (exact) mass is 191 g/mol. The van der Waals surface area contributed by atoms with Crippen LogP contribution in [0.4, 0.5) is 0 Å². The highest BCUT2D eigenvalue weighted by atomic mass is 16.4. The summed E-state index contributed by atoms with van der Waals surface area (Å²) in [5.41, 5.74) is 1.18. The van der Waals surface area contributed by atoms with E-state index in [0.717, 1.165) is 0 Å². The van der Waals surface area contributed by atoms with Crippen LogP contribution in [0.15, 0.2) is 24.9 Å². The molecule has 72 valence electrons. The summed E-state index contributed by atoms with van der Waals surface area (Å²) in [5.74, 6) is -2.49. The second-order valence-corrected chi connectivity index (χ2v) is 2.80. The number of hydrogen-bond donors (Lipinski definition) is 1. The van der Waals surface area contributed by atoms with Gasteiger partial charge < -0.3 is 5.11 Å². The van der Waals surface area contributed by atoms with E-state index in [-0.39, 0.29) is 5.57 Å². The highest BCUT2D eigenvalue weighted by Crippen LogP contribution is 2.13. The van der Waals surface area contributed by atoms with Crippen LogP contribution in [-0.4, -0.2) is 21.8 Å². The lowest BCUT2D eigenvalue weighted by molar-refractivity contribution is -0.146. The molecule has 0 atom stereocenters. The summed E-state index contributed by atoms with van der Waals surface area (Å²) in [6.07, 6.45) is 1.50. The molecule has 14 heavy (non-hydrogen) atoms. The van der Waals surface area contributed by atoms with Crippen molar-refractivity contribution in [3.05, 3.63) is 36.2 Å². The molecule has 4 nitrogen and oxygen atoms in total. The van der Waals surface area contributed by atoms with E-state index in [2.05, 4.69) is 11.6 Å². The van der Waals surface area contributed by atoms with Gasteiger partial charge in [0.15, 0.2) is 0 Å². The smallest absolute Gasteiger partial charge is 0.377 e. The number of carbonyl (C=O) groups excluding carboxylic acids is 1. The van der Waals surface area contributed by atoms with Crippen molar-refractivity contribution in [2.75, 3.05) is 0 Å². The minimum atomic E-state index is -1.50. The number of ketones is 1. The van der Waals surface area contributed by atoms with Crippen molar-refractivity contribution in [1.29, 1.82) is 0 Å². The molecule has 0 fully saturated rings. The van der Waals surface area contributed by atoms with Crippen molar-refractivity contribution in [3.8, 4) is 0 Å². The van der Waals surface area contributed by atoms with Crippen LogP contribution in [0, 0.1) is 6.92 Å². The molecule has 0 saturated carbocycles.